The van der Waals surface area contributed by atoms with Gasteiger partial charge < -0.3 is 4.74 Å². The van der Waals surface area contributed by atoms with E-state index >= 15 is 0 Å². The Morgan fingerprint density at radius 1 is 0.963 bits per heavy atom. The number of hydrogen-bond donors (Lipinski definition) is 1. The lowest BCUT2D eigenvalue weighted by molar-refractivity contribution is 0.109. The highest BCUT2D eigenvalue weighted by molar-refractivity contribution is 9.10. The quantitative estimate of drug-likeness (QED) is 0.331. The van der Waals surface area contributed by atoms with Gasteiger partial charge in [0, 0.05) is 20.1 Å². The molecule has 0 amide bonds. The molecule has 146 valence electrons. The lowest BCUT2D eigenvalue weighted by atomic mass is 10.0. The van der Waals surface area contributed by atoms with Crippen molar-refractivity contribution in [3.05, 3.63) is 66.6 Å². The van der Waals surface area contributed by atoms with Gasteiger partial charge in [0.1, 0.15) is 0 Å². The molecule has 6 heteroatoms. The van der Waals surface area contributed by atoms with Gasteiger partial charge in [-0.2, -0.15) is 0 Å². The number of thiocarbonyl (C=S) groups is 1. The number of hydrogen-bond acceptors (Lipinski definition) is 3. The van der Waals surface area contributed by atoms with Crippen molar-refractivity contribution < 1.29 is 9.53 Å². The summed E-state index contributed by atoms with van der Waals surface area (Å²) in [5.74, 6) is 0. The molecule has 0 heterocycles. The third kappa shape index (κ3) is 6.70. The summed E-state index contributed by atoms with van der Waals surface area (Å²) in [6.07, 6.45) is 0.978. The number of aryl methyl sites for hydroxylation is 2. The van der Waals surface area contributed by atoms with E-state index < -0.39 is 0 Å². The molecule has 0 aromatic heterocycles. The average Bonchev–Trinajstić information content (AvgIpc) is 2.60. The van der Waals surface area contributed by atoms with Gasteiger partial charge in [0.25, 0.3) is 0 Å². The molecule has 2 rings (SSSR count). The summed E-state index contributed by atoms with van der Waals surface area (Å²) in [5, 5.41) is 0.430. The van der Waals surface area contributed by atoms with Crippen molar-refractivity contribution in [1.82, 2.24) is 0 Å². The fourth-order valence-corrected chi connectivity index (χ4v) is 3.96. The third-order valence-corrected chi connectivity index (χ3v) is 6.33. The summed E-state index contributed by atoms with van der Waals surface area (Å²) in [6, 6.07) is 7.93. The Kier molecular flexibility index (Phi) is 10.2. The molecule has 2 aromatic rings. The highest BCUT2D eigenvalue weighted by atomic mass is 79.9. The molecule has 0 aliphatic heterocycles. The smallest absolute Gasteiger partial charge is 0.216 e. The molecule has 0 fully saturated rings. The predicted octanol–water partition coefficient (Wildman–Crippen LogP) is 7.30. The van der Waals surface area contributed by atoms with Crippen LogP contribution in [0.4, 0.5) is 0 Å². The average molecular weight is 532 g/mol. The van der Waals surface area contributed by atoms with Crippen molar-refractivity contribution in [2.24, 2.45) is 0 Å². The Morgan fingerprint density at radius 2 is 1.41 bits per heavy atom. The zero-order chi connectivity index (χ0) is 20.7. The molecular formula is C21H24Br2O2S2. The lowest BCUT2D eigenvalue weighted by Crippen LogP contribution is -2.08. The van der Waals surface area contributed by atoms with Crippen molar-refractivity contribution in [3.63, 3.8) is 0 Å². The van der Waals surface area contributed by atoms with Gasteiger partial charge in [-0.15, -0.1) is 12.6 Å². The number of carbonyl (C=O) groups is 1. The standard InChI is InChI=1S/C12H15BrOS.C9H9BrOS/c1-4-7-14-12(15)11-8(2)5-6-10(13)9(11)3;1-5-3-4-7(10)6(2)8(5)9(11)12/h5-6H,4,7H2,1-3H3;3-4H,1-2H3,(H,11,12). The molecule has 0 saturated heterocycles. The second kappa shape index (κ2) is 11.3. The maximum absolute atomic E-state index is 11.1. The monoisotopic (exact) mass is 530 g/mol. The second-order valence-corrected chi connectivity index (χ2v) is 8.66. The first-order chi connectivity index (χ1) is 12.6. The van der Waals surface area contributed by atoms with E-state index in [1.54, 1.807) is 0 Å². The summed E-state index contributed by atoms with van der Waals surface area (Å²) < 4.78 is 7.53. The van der Waals surface area contributed by atoms with Crippen LogP contribution in [-0.2, 0) is 4.74 Å². The Hall–Kier alpha value is -0.690. The predicted molar refractivity (Wildman–Crippen MR) is 128 cm³/mol. The Labute approximate surface area is 189 Å². The van der Waals surface area contributed by atoms with E-state index in [2.05, 4.69) is 58.3 Å². The number of rotatable bonds is 4. The van der Waals surface area contributed by atoms with Crippen LogP contribution in [0.1, 0.15) is 51.5 Å². The summed E-state index contributed by atoms with van der Waals surface area (Å²) in [7, 11) is 0. The van der Waals surface area contributed by atoms with Crippen LogP contribution < -0.4 is 0 Å². The zero-order valence-corrected chi connectivity index (χ0v) is 21.0. The van der Waals surface area contributed by atoms with E-state index in [1.807, 2.05) is 45.0 Å². The topological polar surface area (TPSA) is 26.3 Å². The molecule has 0 bridgehead atoms. The molecule has 2 nitrogen and oxygen atoms in total. The summed E-state index contributed by atoms with van der Waals surface area (Å²) in [4.78, 5) is 11.1. The van der Waals surface area contributed by atoms with Crippen LogP contribution in [0, 0.1) is 27.7 Å². The molecule has 0 aliphatic carbocycles. The number of halogens is 2. The summed E-state index contributed by atoms with van der Waals surface area (Å²) in [6.45, 7) is 10.7. The van der Waals surface area contributed by atoms with Gasteiger partial charge in [0.2, 0.25) is 5.12 Å². The van der Waals surface area contributed by atoms with Crippen molar-refractivity contribution in [2.75, 3.05) is 6.61 Å². The molecule has 0 spiro atoms. The van der Waals surface area contributed by atoms with E-state index in [1.165, 1.54) is 0 Å². The van der Waals surface area contributed by atoms with Crippen molar-refractivity contribution in [1.29, 1.82) is 0 Å². The normalized spacial score (nSPS) is 10.1. The van der Waals surface area contributed by atoms with Crippen LogP contribution >= 0.6 is 56.7 Å². The van der Waals surface area contributed by atoms with Crippen LogP contribution in [-0.4, -0.2) is 16.8 Å². The van der Waals surface area contributed by atoms with Crippen LogP contribution in [0.25, 0.3) is 0 Å². The minimum Gasteiger partial charge on any atom is -0.483 e. The lowest BCUT2D eigenvalue weighted by Gasteiger charge is -2.13. The molecule has 0 radical (unpaired) electrons. The highest BCUT2D eigenvalue weighted by Crippen LogP contribution is 2.24. The molecule has 0 N–H and O–H groups in total. The Balaban J connectivity index is 0.000000277. The number of benzene rings is 2. The van der Waals surface area contributed by atoms with Crippen LogP contribution in [0.3, 0.4) is 0 Å². The van der Waals surface area contributed by atoms with E-state index in [4.69, 9.17) is 17.0 Å². The first-order valence-electron chi connectivity index (χ1n) is 8.53. The van der Waals surface area contributed by atoms with Crippen molar-refractivity contribution >= 4 is 66.9 Å². The fraction of sp³-hybridized carbons (Fsp3) is 0.333. The zero-order valence-electron chi connectivity index (χ0n) is 16.2. The van der Waals surface area contributed by atoms with Gasteiger partial charge in [0.05, 0.1) is 6.61 Å². The minimum absolute atomic E-state index is 0.175. The SMILES string of the molecule is CCCOC(=S)c1c(C)ccc(Br)c1C.Cc1ccc(Br)c(C)c1C(=O)S. The van der Waals surface area contributed by atoms with Gasteiger partial charge in [-0.3, -0.25) is 4.79 Å². The molecule has 0 saturated carbocycles. The molecule has 0 atom stereocenters. The fourth-order valence-electron chi connectivity index (χ4n) is 2.55. The Morgan fingerprint density at radius 3 is 1.81 bits per heavy atom. The van der Waals surface area contributed by atoms with Crippen LogP contribution in [0.2, 0.25) is 0 Å². The molecule has 0 unspecified atom stereocenters. The van der Waals surface area contributed by atoms with Crippen LogP contribution in [0.15, 0.2) is 33.2 Å². The van der Waals surface area contributed by atoms with Gasteiger partial charge in [-0.05, 0) is 80.7 Å². The van der Waals surface area contributed by atoms with E-state index in [-0.39, 0.29) is 5.12 Å². The molecule has 2 aromatic carbocycles. The van der Waals surface area contributed by atoms with E-state index in [9.17, 15) is 4.79 Å². The largest absolute Gasteiger partial charge is 0.483 e. The van der Waals surface area contributed by atoms with Gasteiger partial charge in [0.15, 0.2) is 5.05 Å². The highest BCUT2D eigenvalue weighted by Gasteiger charge is 2.12. The van der Waals surface area contributed by atoms with Crippen molar-refractivity contribution in [2.45, 2.75) is 41.0 Å². The second-order valence-electron chi connectivity index (χ2n) is 6.17. The summed E-state index contributed by atoms with van der Waals surface area (Å²) >= 11 is 16.0. The first kappa shape index (κ1) is 24.3. The van der Waals surface area contributed by atoms with Gasteiger partial charge in [-0.1, -0.05) is 50.9 Å². The molecular weight excluding hydrogens is 508 g/mol. The minimum atomic E-state index is -0.175. The maximum atomic E-state index is 11.1. The van der Waals surface area contributed by atoms with Crippen LogP contribution in [0.5, 0.6) is 0 Å². The molecule has 27 heavy (non-hydrogen) atoms. The van der Waals surface area contributed by atoms with Gasteiger partial charge >= 0.3 is 0 Å². The number of carbonyl (C=O) groups excluding carboxylic acids is 1. The maximum Gasteiger partial charge on any atom is 0.216 e. The third-order valence-electron chi connectivity index (χ3n) is 4.07. The number of thiol groups is 1. The van der Waals surface area contributed by atoms with Crippen molar-refractivity contribution in [3.8, 4) is 0 Å². The number of ether oxygens (including phenoxy) is 1. The van der Waals surface area contributed by atoms with Gasteiger partial charge in [-0.25, -0.2) is 0 Å². The van der Waals surface area contributed by atoms with E-state index in [0.29, 0.717) is 17.2 Å². The Bertz CT molecular complexity index is 849. The molecule has 0 aliphatic rings. The summed E-state index contributed by atoms with van der Waals surface area (Å²) in [5.41, 5.74) is 5.99. The van der Waals surface area contributed by atoms with E-state index in [0.717, 1.165) is 43.2 Å². The first-order valence-corrected chi connectivity index (χ1v) is 11.0.